The molecule has 0 aliphatic heterocycles. The molecule has 0 bridgehead atoms. The molecule has 1 rings (SSSR count). The summed E-state index contributed by atoms with van der Waals surface area (Å²) in [5.74, 6) is 6.39. The number of halogens is 1. The van der Waals surface area contributed by atoms with Gasteiger partial charge in [-0.1, -0.05) is 32.6 Å². The fourth-order valence-electron chi connectivity index (χ4n) is 1.37. The van der Waals surface area contributed by atoms with Crippen molar-refractivity contribution < 1.29 is 9.50 Å². The zero-order valence-corrected chi connectivity index (χ0v) is 11.9. The largest absolute Gasteiger partial charge is 0.384 e. The van der Waals surface area contributed by atoms with Crippen LogP contribution in [0.4, 0.5) is 4.39 Å². The van der Waals surface area contributed by atoms with Gasteiger partial charge >= 0.3 is 0 Å². The lowest BCUT2D eigenvalue weighted by atomic mass is 10.1. The summed E-state index contributed by atoms with van der Waals surface area (Å²) in [6, 6.07) is 4.82. The van der Waals surface area contributed by atoms with Crippen molar-refractivity contribution in [2.75, 3.05) is 6.61 Å². The van der Waals surface area contributed by atoms with Crippen LogP contribution in [0.1, 0.15) is 31.9 Å². The molecule has 1 nitrogen and oxygen atoms in total. The van der Waals surface area contributed by atoms with Crippen molar-refractivity contribution in [1.29, 1.82) is 0 Å². The van der Waals surface area contributed by atoms with Crippen LogP contribution < -0.4 is 0 Å². The summed E-state index contributed by atoms with van der Waals surface area (Å²) in [4.78, 5) is 0. The van der Waals surface area contributed by atoms with Crippen LogP contribution in [0.5, 0.6) is 0 Å². The van der Waals surface area contributed by atoms with E-state index in [0.29, 0.717) is 16.7 Å². The van der Waals surface area contributed by atoms with Crippen LogP contribution in [0.25, 0.3) is 0 Å². The van der Waals surface area contributed by atoms with Crippen molar-refractivity contribution in [3.8, 4) is 11.8 Å². The highest BCUT2D eigenvalue weighted by atomic mass is 32.2. The van der Waals surface area contributed by atoms with Gasteiger partial charge in [0.15, 0.2) is 0 Å². The normalized spacial score (nSPS) is 12.1. The summed E-state index contributed by atoms with van der Waals surface area (Å²) < 4.78 is 13.4. The van der Waals surface area contributed by atoms with Crippen LogP contribution in [0.2, 0.25) is 0 Å². The summed E-state index contributed by atoms with van der Waals surface area (Å²) in [5, 5.41) is 9.17. The molecule has 1 aromatic rings. The van der Waals surface area contributed by atoms with Crippen molar-refractivity contribution in [2.45, 2.75) is 31.8 Å². The molecule has 0 saturated heterocycles. The summed E-state index contributed by atoms with van der Waals surface area (Å²) in [5.41, 5.74) is 1.56. The van der Waals surface area contributed by atoms with Gasteiger partial charge in [-0.25, -0.2) is 4.39 Å². The minimum absolute atomic E-state index is 0.203. The number of hydrogen-bond acceptors (Lipinski definition) is 2. The number of aliphatic hydroxyl groups is 1. The van der Waals surface area contributed by atoms with Crippen molar-refractivity contribution in [3.05, 3.63) is 35.1 Å². The highest BCUT2D eigenvalue weighted by Gasteiger charge is 2.08. The molecule has 0 radical (unpaired) electrons. The molecule has 0 spiro atoms. The third-order valence-corrected chi connectivity index (χ3v) is 4.29. The number of benzene rings is 1. The third-order valence-electron chi connectivity index (χ3n) is 2.72. The smallest absolute Gasteiger partial charge is 0.124 e. The second-order valence-corrected chi connectivity index (χ2v) is 5.93. The van der Waals surface area contributed by atoms with E-state index >= 15 is 0 Å². The predicted octanol–water partition coefficient (Wildman–Crippen LogP) is 3.45. The standard InChI is InChI=1S/C15H19FOS/c1-11(2)12(3)18-10-14-7-13(5-4-6-17)8-15(16)9-14/h7-9,11-12,17H,6,10H2,1-3H3. The first-order valence-corrected chi connectivity index (χ1v) is 7.08. The molecule has 0 amide bonds. The molecule has 0 fully saturated rings. The van der Waals surface area contributed by atoms with E-state index in [2.05, 4.69) is 32.6 Å². The van der Waals surface area contributed by atoms with E-state index in [0.717, 1.165) is 11.3 Å². The molecule has 1 N–H and O–H groups in total. The Morgan fingerprint density at radius 3 is 2.61 bits per heavy atom. The van der Waals surface area contributed by atoms with Crippen LogP contribution in [0.15, 0.2) is 18.2 Å². The fraction of sp³-hybridized carbons (Fsp3) is 0.467. The fourth-order valence-corrected chi connectivity index (χ4v) is 2.37. The van der Waals surface area contributed by atoms with E-state index in [9.17, 15) is 4.39 Å². The molecule has 0 saturated carbocycles. The molecule has 3 heteroatoms. The molecule has 1 atom stereocenters. The molecule has 1 aromatic carbocycles. The second-order valence-electron chi connectivity index (χ2n) is 4.57. The van der Waals surface area contributed by atoms with Gasteiger partial charge in [-0.15, -0.1) is 0 Å². The Bertz CT molecular complexity index is 446. The lowest BCUT2D eigenvalue weighted by Gasteiger charge is -2.14. The minimum Gasteiger partial charge on any atom is -0.384 e. The monoisotopic (exact) mass is 266 g/mol. The molecule has 98 valence electrons. The van der Waals surface area contributed by atoms with Gasteiger partial charge in [-0.05, 0) is 29.7 Å². The highest BCUT2D eigenvalue weighted by molar-refractivity contribution is 7.99. The van der Waals surface area contributed by atoms with Gasteiger partial charge in [0.2, 0.25) is 0 Å². The van der Waals surface area contributed by atoms with Gasteiger partial charge in [0, 0.05) is 16.6 Å². The Labute approximate surface area is 113 Å². The van der Waals surface area contributed by atoms with E-state index in [-0.39, 0.29) is 12.4 Å². The lowest BCUT2D eigenvalue weighted by molar-refractivity contribution is 0.350. The van der Waals surface area contributed by atoms with Crippen molar-refractivity contribution >= 4 is 11.8 Å². The van der Waals surface area contributed by atoms with Crippen molar-refractivity contribution in [2.24, 2.45) is 5.92 Å². The average molecular weight is 266 g/mol. The van der Waals surface area contributed by atoms with Gasteiger partial charge in [0.1, 0.15) is 12.4 Å². The SMILES string of the molecule is CC(C)C(C)SCc1cc(F)cc(C#CCO)c1. The molecule has 0 aliphatic carbocycles. The van der Waals surface area contributed by atoms with E-state index in [1.807, 2.05) is 17.8 Å². The van der Waals surface area contributed by atoms with Gasteiger partial charge in [-0.3, -0.25) is 0 Å². The van der Waals surface area contributed by atoms with Gasteiger partial charge in [0.25, 0.3) is 0 Å². The van der Waals surface area contributed by atoms with Crippen LogP contribution in [0.3, 0.4) is 0 Å². The molecular weight excluding hydrogens is 247 g/mol. The van der Waals surface area contributed by atoms with Gasteiger partial charge in [0.05, 0.1) is 0 Å². The highest BCUT2D eigenvalue weighted by Crippen LogP contribution is 2.24. The number of hydrogen-bond donors (Lipinski definition) is 1. The molecule has 0 aliphatic rings. The minimum atomic E-state index is -0.271. The third kappa shape index (κ3) is 5.12. The summed E-state index contributed by atoms with van der Waals surface area (Å²) in [6.07, 6.45) is 0. The first-order chi connectivity index (χ1) is 8.52. The Morgan fingerprint density at radius 1 is 1.28 bits per heavy atom. The molecule has 1 unspecified atom stereocenters. The predicted molar refractivity (Wildman–Crippen MR) is 76.0 cm³/mol. The maximum absolute atomic E-state index is 13.4. The second kappa shape index (κ2) is 7.45. The van der Waals surface area contributed by atoms with E-state index in [1.54, 1.807) is 6.07 Å². The first-order valence-electron chi connectivity index (χ1n) is 6.03. The van der Waals surface area contributed by atoms with Crippen LogP contribution >= 0.6 is 11.8 Å². The number of aliphatic hydroxyl groups excluding tert-OH is 1. The van der Waals surface area contributed by atoms with E-state index < -0.39 is 0 Å². The zero-order chi connectivity index (χ0) is 13.5. The van der Waals surface area contributed by atoms with Crippen molar-refractivity contribution in [3.63, 3.8) is 0 Å². The summed E-state index contributed by atoms with van der Waals surface area (Å²) in [7, 11) is 0. The molecule has 0 aromatic heterocycles. The topological polar surface area (TPSA) is 20.2 Å². The Hall–Kier alpha value is -0.980. The number of thioether (sulfide) groups is 1. The first kappa shape index (κ1) is 15.1. The zero-order valence-electron chi connectivity index (χ0n) is 11.0. The Morgan fingerprint density at radius 2 is 2.00 bits per heavy atom. The average Bonchev–Trinajstić information content (AvgIpc) is 2.32. The number of rotatable bonds is 4. The van der Waals surface area contributed by atoms with Crippen LogP contribution in [-0.2, 0) is 5.75 Å². The molecule has 0 heterocycles. The van der Waals surface area contributed by atoms with Gasteiger partial charge < -0.3 is 5.11 Å². The quantitative estimate of drug-likeness (QED) is 0.842. The Balaban J connectivity index is 2.74. The van der Waals surface area contributed by atoms with Gasteiger partial charge in [-0.2, -0.15) is 11.8 Å². The molecular formula is C15H19FOS. The van der Waals surface area contributed by atoms with Crippen LogP contribution in [-0.4, -0.2) is 17.0 Å². The maximum Gasteiger partial charge on any atom is 0.124 e. The summed E-state index contributed by atoms with van der Waals surface area (Å²) >= 11 is 1.81. The Kier molecular flexibility index (Phi) is 6.24. The molecule has 18 heavy (non-hydrogen) atoms. The van der Waals surface area contributed by atoms with E-state index in [4.69, 9.17) is 5.11 Å². The van der Waals surface area contributed by atoms with Crippen molar-refractivity contribution in [1.82, 2.24) is 0 Å². The van der Waals surface area contributed by atoms with E-state index in [1.165, 1.54) is 6.07 Å². The van der Waals surface area contributed by atoms with Crippen LogP contribution in [0, 0.1) is 23.6 Å². The lowest BCUT2D eigenvalue weighted by Crippen LogP contribution is -2.05. The summed E-state index contributed by atoms with van der Waals surface area (Å²) in [6.45, 7) is 6.34. The maximum atomic E-state index is 13.4.